The van der Waals surface area contributed by atoms with E-state index in [-0.39, 0.29) is 29.3 Å². The van der Waals surface area contributed by atoms with Gasteiger partial charge in [0.15, 0.2) is 5.84 Å². The number of nitrogens with one attached hydrogen (secondary N) is 1. The van der Waals surface area contributed by atoms with Crippen LogP contribution >= 0.6 is 0 Å². The lowest BCUT2D eigenvalue weighted by atomic mass is 9.83. The molecule has 2 aliphatic rings. The summed E-state index contributed by atoms with van der Waals surface area (Å²) < 4.78 is 22.7. The first-order chi connectivity index (χ1) is 9.39. The highest BCUT2D eigenvalue weighted by molar-refractivity contribution is 7.91. The van der Waals surface area contributed by atoms with Gasteiger partial charge in [-0.1, -0.05) is 18.0 Å². The fraction of sp³-hybridized carbons (Fsp3) is 0.833. The van der Waals surface area contributed by atoms with Crippen molar-refractivity contribution in [2.45, 2.75) is 44.6 Å². The number of amides is 1. The molecule has 0 aromatic heterocycles. The second-order valence-corrected chi connectivity index (χ2v) is 7.98. The standard InChI is InChI=1S/C12H21N3O4S/c13-10(15-17)12(5-1-2-6-12)11(16)14-9-3-7-20(18,19)8-4-9/h9,17H,1-8H2,(H2,13,15)(H,14,16). The zero-order valence-corrected chi connectivity index (χ0v) is 12.2. The molecule has 0 unspecified atom stereocenters. The van der Waals surface area contributed by atoms with E-state index in [0.717, 1.165) is 12.8 Å². The van der Waals surface area contributed by atoms with E-state index in [9.17, 15) is 13.2 Å². The summed E-state index contributed by atoms with van der Waals surface area (Å²) in [6, 6.07) is -0.144. The molecule has 1 saturated heterocycles. The Kier molecular flexibility index (Phi) is 4.22. The summed E-state index contributed by atoms with van der Waals surface area (Å²) >= 11 is 0. The Hall–Kier alpha value is -1.31. The Morgan fingerprint density at radius 3 is 2.30 bits per heavy atom. The molecule has 0 radical (unpaired) electrons. The van der Waals surface area contributed by atoms with Crippen LogP contribution in [-0.2, 0) is 14.6 Å². The second kappa shape index (κ2) is 5.59. The fourth-order valence-electron chi connectivity index (χ4n) is 3.03. The Morgan fingerprint density at radius 1 is 1.25 bits per heavy atom. The van der Waals surface area contributed by atoms with Crippen molar-refractivity contribution in [1.82, 2.24) is 5.32 Å². The van der Waals surface area contributed by atoms with Crippen LogP contribution in [-0.4, -0.2) is 42.9 Å². The third kappa shape index (κ3) is 2.89. The van der Waals surface area contributed by atoms with Crippen LogP contribution in [0.4, 0.5) is 0 Å². The van der Waals surface area contributed by atoms with Crippen molar-refractivity contribution >= 4 is 21.6 Å². The van der Waals surface area contributed by atoms with E-state index in [1.165, 1.54) is 0 Å². The van der Waals surface area contributed by atoms with E-state index in [1.807, 2.05) is 0 Å². The van der Waals surface area contributed by atoms with Gasteiger partial charge in [-0.15, -0.1) is 0 Å². The van der Waals surface area contributed by atoms with Gasteiger partial charge in [-0.25, -0.2) is 8.42 Å². The summed E-state index contributed by atoms with van der Waals surface area (Å²) in [5.41, 5.74) is 4.78. The molecule has 114 valence electrons. The van der Waals surface area contributed by atoms with Gasteiger partial charge < -0.3 is 16.3 Å². The van der Waals surface area contributed by atoms with E-state index in [2.05, 4.69) is 10.5 Å². The number of nitrogens with two attached hydrogens (primary N) is 1. The topological polar surface area (TPSA) is 122 Å². The average Bonchev–Trinajstić information content (AvgIpc) is 2.91. The Bertz CT molecular complexity index is 495. The molecule has 0 atom stereocenters. The predicted molar refractivity (Wildman–Crippen MR) is 74.1 cm³/mol. The van der Waals surface area contributed by atoms with Crippen molar-refractivity contribution in [3.63, 3.8) is 0 Å². The molecule has 1 heterocycles. The summed E-state index contributed by atoms with van der Waals surface area (Å²) in [6.45, 7) is 0. The fourth-order valence-corrected chi connectivity index (χ4v) is 4.52. The highest BCUT2D eigenvalue weighted by Gasteiger charge is 2.46. The zero-order valence-electron chi connectivity index (χ0n) is 11.3. The van der Waals surface area contributed by atoms with E-state index < -0.39 is 15.3 Å². The number of hydrogen-bond donors (Lipinski definition) is 3. The van der Waals surface area contributed by atoms with Crippen molar-refractivity contribution in [1.29, 1.82) is 0 Å². The number of carbonyl (C=O) groups is 1. The lowest BCUT2D eigenvalue weighted by molar-refractivity contribution is -0.128. The van der Waals surface area contributed by atoms with Crippen molar-refractivity contribution in [3.8, 4) is 0 Å². The molecule has 4 N–H and O–H groups in total. The van der Waals surface area contributed by atoms with E-state index in [1.54, 1.807) is 0 Å². The molecule has 1 amide bonds. The lowest BCUT2D eigenvalue weighted by Gasteiger charge is -2.30. The Morgan fingerprint density at radius 2 is 1.80 bits per heavy atom. The smallest absolute Gasteiger partial charge is 0.234 e. The first-order valence-electron chi connectivity index (χ1n) is 6.89. The highest BCUT2D eigenvalue weighted by atomic mass is 32.2. The number of carbonyl (C=O) groups excluding carboxylic acids is 1. The SMILES string of the molecule is NC(=NO)C1(C(=O)NC2CCS(=O)(=O)CC2)CCCC1. The summed E-state index contributed by atoms with van der Waals surface area (Å²) in [5, 5.41) is 14.8. The Balaban J connectivity index is 2.04. The van der Waals surface area contributed by atoms with Crippen LogP contribution in [0.1, 0.15) is 38.5 Å². The predicted octanol–water partition coefficient (Wildman–Crippen LogP) is -0.0134. The maximum absolute atomic E-state index is 12.5. The lowest BCUT2D eigenvalue weighted by Crippen LogP contribution is -2.52. The molecule has 2 fully saturated rings. The minimum Gasteiger partial charge on any atom is -0.409 e. The monoisotopic (exact) mass is 303 g/mol. The summed E-state index contributed by atoms with van der Waals surface area (Å²) in [7, 11) is -2.95. The maximum Gasteiger partial charge on any atom is 0.234 e. The van der Waals surface area contributed by atoms with Crippen molar-refractivity contribution in [2.75, 3.05) is 11.5 Å². The largest absolute Gasteiger partial charge is 0.409 e. The summed E-state index contributed by atoms with van der Waals surface area (Å²) in [4.78, 5) is 12.5. The Labute approximate surface area is 118 Å². The van der Waals surface area contributed by atoms with Crippen molar-refractivity contribution in [2.24, 2.45) is 16.3 Å². The minimum absolute atomic E-state index is 0.0454. The van der Waals surface area contributed by atoms with Crippen LogP contribution in [0.5, 0.6) is 0 Å². The minimum atomic E-state index is -2.95. The third-order valence-electron chi connectivity index (χ3n) is 4.38. The van der Waals surface area contributed by atoms with Crippen LogP contribution in [0, 0.1) is 5.41 Å². The molecule has 8 heteroatoms. The quantitative estimate of drug-likeness (QED) is 0.293. The van der Waals surface area contributed by atoms with Crippen LogP contribution in [0.15, 0.2) is 5.16 Å². The van der Waals surface area contributed by atoms with E-state index in [4.69, 9.17) is 10.9 Å². The molecule has 20 heavy (non-hydrogen) atoms. The van der Waals surface area contributed by atoms with Crippen molar-refractivity contribution in [3.05, 3.63) is 0 Å². The molecule has 1 aliphatic heterocycles. The van der Waals surface area contributed by atoms with Gasteiger partial charge in [0.05, 0.1) is 11.5 Å². The first kappa shape index (κ1) is 15.1. The zero-order chi connectivity index (χ0) is 14.8. The summed E-state index contributed by atoms with van der Waals surface area (Å²) in [5.74, 6) is -0.0752. The molecule has 7 nitrogen and oxygen atoms in total. The average molecular weight is 303 g/mol. The summed E-state index contributed by atoms with van der Waals surface area (Å²) in [6.07, 6.45) is 3.73. The molecular weight excluding hydrogens is 282 g/mol. The van der Waals surface area contributed by atoms with E-state index >= 15 is 0 Å². The molecule has 0 aromatic carbocycles. The number of amidine groups is 1. The van der Waals surface area contributed by atoms with E-state index in [0.29, 0.717) is 25.7 Å². The normalized spacial score (nSPS) is 26.3. The number of sulfone groups is 1. The molecular formula is C12H21N3O4S. The van der Waals surface area contributed by atoms with Crippen LogP contribution in [0.3, 0.4) is 0 Å². The van der Waals surface area contributed by atoms with Gasteiger partial charge in [0, 0.05) is 6.04 Å². The molecule has 1 aliphatic carbocycles. The van der Waals surface area contributed by atoms with Crippen LogP contribution in [0.25, 0.3) is 0 Å². The van der Waals surface area contributed by atoms with Gasteiger partial charge >= 0.3 is 0 Å². The van der Waals surface area contributed by atoms with Gasteiger partial charge in [0.25, 0.3) is 0 Å². The molecule has 1 saturated carbocycles. The first-order valence-corrected chi connectivity index (χ1v) is 8.71. The number of rotatable bonds is 3. The van der Waals surface area contributed by atoms with Gasteiger partial charge in [-0.2, -0.15) is 0 Å². The molecule has 0 spiro atoms. The number of hydrogen-bond acceptors (Lipinski definition) is 5. The van der Waals surface area contributed by atoms with Crippen LogP contribution in [0.2, 0.25) is 0 Å². The number of nitrogens with zero attached hydrogens (tertiary/aromatic N) is 1. The maximum atomic E-state index is 12.5. The second-order valence-electron chi connectivity index (χ2n) is 5.67. The number of oxime groups is 1. The van der Waals surface area contributed by atoms with Gasteiger partial charge in [-0.05, 0) is 25.7 Å². The third-order valence-corrected chi connectivity index (χ3v) is 6.10. The molecule has 0 aromatic rings. The van der Waals surface area contributed by atoms with Gasteiger partial charge in [0.2, 0.25) is 5.91 Å². The van der Waals surface area contributed by atoms with Gasteiger partial charge in [0.1, 0.15) is 15.3 Å². The van der Waals surface area contributed by atoms with Crippen LogP contribution < -0.4 is 11.1 Å². The van der Waals surface area contributed by atoms with Gasteiger partial charge in [-0.3, -0.25) is 4.79 Å². The molecule has 0 bridgehead atoms. The molecule has 2 rings (SSSR count). The van der Waals surface area contributed by atoms with Crippen molar-refractivity contribution < 1.29 is 18.4 Å². The highest BCUT2D eigenvalue weighted by Crippen LogP contribution is 2.38.